The quantitative estimate of drug-likeness (QED) is 0.787. The molecule has 9 nitrogen and oxygen atoms in total. The smallest absolute Gasteiger partial charge is 0.328 e. The molecule has 3 heterocycles. The highest BCUT2D eigenvalue weighted by molar-refractivity contribution is 5.92. The first-order valence-electron chi connectivity index (χ1n) is 7.95. The largest absolute Gasteiger partial charge is 0.448 e. The van der Waals surface area contributed by atoms with Gasteiger partial charge in [-0.1, -0.05) is 0 Å². The van der Waals surface area contributed by atoms with Gasteiger partial charge in [-0.2, -0.15) is 0 Å². The minimum Gasteiger partial charge on any atom is -0.448 e. The highest BCUT2D eigenvalue weighted by Crippen LogP contribution is 2.31. The zero-order valence-electron chi connectivity index (χ0n) is 14.3. The summed E-state index contributed by atoms with van der Waals surface area (Å²) in [5.74, 6) is 0.0583. The zero-order chi connectivity index (χ0) is 18.4. The molecule has 0 saturated carbocycles. The van der Waals surface area contributed by atoms with Crippen LogP contribution in [0, 0.1) is 13.8 Å². The molecule has 1 amide bonds. The molecule has 1 aliphatic rings. The van der Waals surface area contributed by atoms with E-state index in [0.29, 0.717) is 18.0 Å². The normalized spacial score (nSPS) is 23.7. The van der Waals surface area contributed by atoms with Gasteiger partial charge in [0.15, 0.2) is 11.6 Å². The SMILES string of the molecule is Cc1nc(C(=O)N2CC[C@@](C)(O)[C@H](n3cc(C)c(=O)[nH]c3=O)C2)co1. The van der Waals surface area contributed by atoms with E-state index in [1.54, 1.807) is 20.8 Å². The lowest BCUT2D eigenvalue weighted by Gasteiger charge is -2.43. The van der Waals surface area contributed by atoms with Crippen LogP contribution in [0.5, 0.6) is 0 Å². The topological polar surface area (TPSA) is 121 Å². The van der Waals surface area contributed by atoms with Crippen molar-refractivity contribution in [3.8, 4) is 0 Å². The average Bonchev–Trinajstić information content (AvgIpc) is 2.97. The fourth-order valence-electron chi connectivity index (χ4n) is 3.04. The van der Waals surface area contributed by atoms with Gasteiger partial charge in [0.25, 0.3) is 11.5 Å². The van der Waals surface area contributed by atoms with E-state index in [9.17, 15) is 19.5 Å². The van der Waals surface area contributed by atoms with E-state index in [1.807, 2.05) is 0 Å². The maximum absolute atomic E-state index is 12.6. The number of H-pyrrole nitrogens is 1. The number of amides is 1. The minimum atomic E-state index is -1.20. The summed E-state index contributed by atoms with van der Waals surface area (Å²) in [6.07, 6.45) is 2.98. The number of carbonyl (C=O) groups is 1. The first-order valence-corrected chi connectivity index (χ1v) is 7.95. The third-order valence-electron chi connectivity index (χ3n) is 4.61. The van der Waals surface area contributed by atoms with Crippen LogP contribution in [-0.4, -0.2) is 49.1 Å². The predicted octanol–water partition coefficient (Wildman–Crippen LogP) is -0.0204. The van der Waals surface area contributed by atoms with Crippen LogP contribution in [0.15, 0.2) is 26.5 Å². The predicted molar refractivity (Wildman–Crippen MR) is 87.5 cm³/mol. The number of likely N-dealkylation sites (tertiary alicyclic amines) is 1. The van der Waals surface area contributed by atoms with Gasteiger partial charge in [-0.15, -0.1) is 0 Å². The summed E-state index contributed by atoms with van der Waals surface area (Å²) in [6.45, 7) is 5.28. The van der Waals surface area contributed by atoms with Gasteiger partial charge in [0, 0.05) is 31.8 Å². The number of aryl methyl sites for hydroxylation is 2. The van der Waals surface area contributed by atoms with Gasteiger partial charge in [-0.3, -0.25) is 19.1 Å². The van der Waals surface area contributed by atoms with Crippen LogP contribution < -0.4 is 11.2 Å². The first kappa shape index (κ1) is 17.2. The second-order valence-electron chi connectivity index (χ2n) is 6.60. The number of rotatable bonds is 2. The molecule has 2 aromatic rings. The van der Waals surface area contributed by atoms with Crippen LogP contribution in [-0.2, 0) is 0 Å². The van der Waals surface area contributed by atoms with Crippen LogP contribution in [0.25, 0.3) is 0 Å². The van der Waals surface area contributed by atoms with Crippen molar-refractivity contribution in [2.24, 2.45) is 0 Å². The summed E-state index contributed by atoms with van der Waals surface area (Å²) in [5.41, 5.74) is -1.76. The number of carbonyl (C=O) groups excluding carboxylic acids is 1. The number of aliphatic hydroxyl groups is 1. The van der Waals surface area contributed by atoms with E-state index < -0.39 is 22.9 Å². The molecule has 0 radical (unpaired) electrons. The van der Waals surface area contributed by atoms with Crippen molar-refractivity contribution in [2.45, 2.75) is 38.8 Å². The Balaban J connectivity index is 1.95. The van der Waals surface area contributed by atoms with Crippen molar-refractivity contribution in [3.63, 3.8) is 0 Å². The van der Waals surface area contributed by atoms with E-state index in [1.165, 1.54) is 21.9 Å². The third-order valence-corrected chi connectivity index (χ3v) is 4.61. The van der Waals surface area contributed by atoms with Gasteiger partial charge in [0.2, 0.25) is 0 Å². The van der Waals surface area contributed by atoms with E-state index in [0.717, 1.165) is 0 Å². The molecule has 1 aliphatic heterocycles. The van der Waals surface area contributed by atoms with Crippen molar-refractivity contribution < 1.29 is 14.3 Å². The van der Waals surface area contributed by atoms with Crippen molar-refractivity contribution in [1.82, 2.24) is 19.4 Å². The second-order valence-corrected chi connectivity index (χ2v) is 6.60. The Morgan fingerprint density at radius 1 is 1.44 bits per heavy atom. The Labute approximate surface area is 142 Å². The lowest BCUT2D eigenvalue weighted by Crippen LogP contribution is -2.55. The maximum atomic E-state index is 12.6. The van der Waals surface area contributed by atoms with Gasteiger partial charge < -0.3 is 14.4 Å². The van der Waals surface area contributed by atoms with Crippen molar-refractivity contribution in [1.29, 1.82) is 0 Å². The Bertz CT molecular complexity index is 923. The maximum Gasteiger partial charge on any atom is 0.328 e. The first-order chi connectivity index (χ1) is 11.7. The Kier molecular flexibility index (Phi) is 4.11. The Morgan fingerprint density at radius 2 is 2.16 bits per heavy atom. The monoisotopic (exact) mass is 348 g/mol. The molecule has 2 N–H and O–H groups in total. The Hall–Kier alpha value is -2.68. The summed E-state index contributed by atoms with van der Waals surface area (Å²) in [5, 5.41) is 10.7. The average molecular weight is 348 g/mol. The van der Waals surface area contributed by atoms with Crippen LogP contribution in [0.1, 0.15) is 41.3 Å². The molecular formula is C16H20N4O5. The molecule has 2 aromatic heterocycles. The summed E-state index contributed by atoms with van der Waals surface area (Å²) >= 11 is 0. The third kappa shape index (κ3) is 3.14. The highest BCUT2D eigenvalue weighted by Gasteiger charge is 2.41. The minimum absolute atomic E-state index is 0.114. The molecule has 0 bridgehead atoms. The van der Waals surface area contributed by atoms with E-state index in [2.05, 4.69) is 9.97 Å². The molecule has 9 heteroatoms. The lowest BCUT2D eigenvalue weighted by molar-refractivity contribution is -0.0461. The summed E-state index contributed by atoms with van der Waals surface area (Å²) in [4.78, 5) is 44.1. The lowest BCUT2D eigenvalue weighted by atomic mass is 9.88. The molecule has 0 aliphatic carbocycles. The molecule has 2 atom stereocenters. The number of piperidine rings is 1. The number of nitrogens with one attached hydrogen (secondary N) is 1. The van der Waals surface area contributed by atoms with Crippen LogP contribution in [0.3, 0.4) is 0 Å². The molecule has 1 fully saturated rings. The molecule has 0 unspecified atom stereocenters. The number of aromatic amines is 1. The summed E-state index contributed by atoms with van der Waals surface area (Å²) in [6, 6.07) is -0.693. The van der Waals surface area contributed by atoms with Gasteiger partial charge >= 0.3 is 5.69 Å². The van der Waals surface area contributed by atoms with Crippen molar-refractivity contribution >= 4 is 5.91 Å². The zero-order valence-corrected chi connectivity index (χ0v) is 14.3. The molecule has 0 spiro atoms. The van der Waals surface area contributed by atoms with E-state index in [-0.39, 0.29) is 24.6 Å². The fourth-order valence-corrected chi connectivity index (χ4v) is 3.04. The molecule has 134 valence electrons. The van der Waals surface area contributed by atoms with Gasteiger partial charge in [0.05, 0.1) is 11.6 Å². The number of nitrogens with zero attached hydrogens (tertiary/aromatic N) is 3. The van der Waals surface area contributed by atoms with E-state index >= 15 is 0 Å². The van der Waals surface area contributed by atoms with Crippen molar-refractivity contribution in [2.75, 3.05) is 13.1 Å². The van der Waals surface area contributed by atoms with Gasteiger partial charge in [-0.25, -0.2) is 9.78 Å². The number of hydrogen-bond acceptors (Lipinski definition) is 6. The second kappa shape index (κ2) is 5.99. The Morgan fingerprint density at radius 3 is 2.80 bits per heavy atom. The number of oxazole rings is 1. The standard InChI is InChI=1S/C16H20N4O5/c1-9-6-20(15(23)18-13(9)21)12-7-19(5-4-16(12,3)24)14(22)11-8-25-10(2)17-11/h6,8,12,24H,4-5,7H2,1-3H3,(H,18,21,23)/t12-,16-/m1/s1. The van der Waals surface area contributed by atoms with Gasteiger partial charge in [-0.05, 0) is 20.3 Å². The van der Waals surface area contributed by atoms with Crippen LogP contribution in [0.2, 0.25) is 0 Å². The molecule has 0 aromatic carbocycles. The number of aromatic nitrogens is 3. The molecular weight excluding hydrogens is 328 g/mol. The van der Waals surface area contributed by atoms with Crippen LogP contribution >= 0.6 is 0 Å². The van der Waals surface area contributed by atoms with Crippen molar-refractivity contribution in [3.05, 3.63) is 50.4 Å². The van der Waals surface area contributed by atoms with Gasteiger partial charge in [0.1, 0.15) is 6.26 Å². The summed E-state index contributed by atoms with van der Waals surface area (Å²) in [7, 11) is 0. The molecule has 25 heavy (non-hydrogen) atoms. The van der Waals surface area contributed by atoms with Crippen LogP contribution in [0.4, 0.5) is 0 Å². The molecule has 3 rings (SSSR count). The van der Waals surface area contributed by atoms with E-state index in [4.69, 9.17) is 4.42 Å². The number of hydrogen-bond donors (Lipinski definition) is 2. The highest BCUT2D eigenvalue weighted by atomic mass is 16.3. The fraction of sp³-hybridized carbons (Fsp3) is 0.500. The summed E-state index contributed by atoms with van der Waals surface area (Å²) < 4.78 is 6.36. The molecule has 1 saturated heterocycles.